The summed E-state index contributed by atoms with van der Waals surface area (Å²) in [6.45, 7) is 4.61. The van der Waals surface area contributed by atoms with Gasteiger partial charge >= 0.3 is 0 Å². The van der Waals surface area contributed by atoms with E-state index in [1.807, 2.05) is 56.3 Å². The van der Waals surface area contributed by atoms with Gasteiger partial charge in [-0.1, -0.05) is 41.2 Å². The molecule has 3 aromatic rings. The number of hydrogen-bond acceptors (Lipinski definition) is 4. The third-order valence-corrected chi connectivity index (χ3v) is 4.34. The first-order valence-corrected chi connectivity index (χ1v) is 8.34. The molecule has 0 bridgehead atoms. The molecule has 0 saturated heterocycles. The number of fused-ring (bicyclic) bond motifs is 1. The van der Waals surface area contributed by atoms with Gasteiger partial charge in [-0.25, -0.2) is 4.98 Å². The van der Waals surface area contributed by atoms with E-state index in [1.165, 1.54) is 16.9 Å². The summed E-state index contributed by atoms with van der Waals surface area (Å²) < 4.78 is 6.49. The molecule has 5 heteroatoms. The van der Waals surface area contributed by atoms with Crippen LogP contribution in [0, 0.1) is 6.92 Å². The molecule has 1 aromatic heterocycles. The second-order valence-corrected chi connectivity index (χ2v) is 6.32. The number of amides is 1. The summed E-state index contributed by atoms with van der Waals surface area (Å²) >= 11 is 1.46. The van der Waals surface area contributed by atoms with Crippen LogP contribution >= 0.6 is 11.3 Å². The molecule has 0 atom stereocenters. The number of ether oxygens (including phenoxy) is 1. The normalized spacial score (nSPS) is 10.7. The van der Waals surface area contributed by atoms with E-state index < -0.39 is 0 Å². The molecule has 0 fully saturated rings. The number of aromatic nitrogens is 1. The van der Waals surface area contributed by atoms with E-state index in [-0.39, 0.29) is 5.91 Å². The van der Waals surface area contributed by atoms with Gasteiger partial charge in [-0.05, 0) is 37.6 Å². The molecular weight excluding hydrogens is 308 g/mol. The molecule has 118 valence electrons. The topological polar surface area (TPSA) is 51.2 Å². The van der Waals surface area contributed by atoms with Crippen molar-refractivity contribution in [1.29, 1.82) is 0 Å². The smallest absolute Gasteiger partial charge is 0.230 e. The maximum atomic E-state index is 12.1. The molecule has 0 aliphatic heterocycles. The highest BCUT2D eigenvalue weighted by atomic mass is 32.1. The van der Waals surface area contributed by atoms with E-state index in [4.69, 9.17) is 4.74 Å². The summed E-state index contributed by atoms with van der Waals surface area (Å²) in [6, 6.07) is 13.7. The van der Waals surface area contributed by atoms with Gasteiger partial charge in [0, 0.05) is 0 Å². The molecule has 0 radical (unpaired) electrons. The van der Waals surface area contributed by atoms with Crippen molar-refractivity contribution in [3.05, 3.63) is 53.6 Å². The third kappa shape index (κ3) is 3.87. The zero-order valence-electron chi connectivity index (χ0n) is 13.1. The number of benzene rings is 2. The highest BCUT2D eigenvalue weighted by Gasteiger charge is 2.09. The zero-order chi connectivity index (χ0) is 16.2. The number of carbonyl (C=O) groups excluding carboxylic acids is 1. The number of nitrogens with one attached hydrogen (secondary N) is 1. The molecule has 0 saturated carbocycles. The standard InChI is InChI=1S/C18H18N2O2S/c1-3-22-14-8-9-15-16(11-14)23-18(19-15)20-17(21)10-13-6-4-12(2)5-7-13/h4-9,11H,3,10H2,1-2H3,(H,19,20,21). The molecule has 0 aliphatic rings. The van der Waals surface area contributed by atoms with Crippen LogP contribution in [-0.2, 0) is 11.2 Å². The number of hydrogen-bond donors (Lipinski definition) is 1. The second-order valence-electron chi connectivity index (χ2n) is 5.29. The fourth-order valence-corrected chi connectivity index (χ4v) is 3.18. The Bertz CT molecular complexity index is 825. The highest BCUT2D eigenvalue weighted by Crippen LogP contribution is 2.29. The zero-order valence-corrected chi connectivity index (χ0v) is 13.9. The van der Waals surface area contributed by atoms with E-state index in [2.05, 4.69) is 10.3 Å². The number of nitrogens with zero attached hydrogens (tertiary/aromatic N) is 1. The van der Waals surface area contributed by atoms with E-state index in [1.54, 1.807) is 0 Å². The van der Waals surface area contributed by atoms with Crippen molar-refractivity contribution in [3.8, 4) is 5.75 Å². The Labute approximate surface area is 139 Å². The first-order valence-electron chi connectivity index (χ1n) is 7.53. The molecule has 1 amide bonds. The summed E-state index contributed by atoms with van der Waals surface area (Å²) in [5.74, 6) is 0.763. The molecule has 2 aromatic carbocycles. The van der Waals surface area contributed by atoms with Gasteiger partial charge in [-0.3, -0.25) is 4.79 Å². The van der Waals surface area contributed by atoms with Crippen molar-refractivity contribution in [2.24, 2.45) is 0 Å². The fraction of sp³-hybridized carbons (Fsp3) is 0.222. The van der Waals surface area contributed by atoms with Crippen LogP contribution in [0.4, 0.5) is 5.13 Å². The number of anilines is 1. The van der Waals surface area contributed by atoms with Crippen LogP contribution < -0.4 is 10.1 Å². The lowest BCUT2D eigenvalue weighted by atomic mass is 10.1. The van der Waals surface area contributed by atoms with E-state index in [0.29, 0.717) is 18.2 Å². The molecule has 0 aliphatic carbocycles. The molecular formula is C18H18N2O2S. The lowest BCUT2D eigenvalue weighted by Crippen LogP contribution is -2.14. The van der Waals surface area contributed by atoms with Crippen molar-refractivity contribution >= 4 is 32.6 Å². The number of aryl methyl sites for hydroxylation is 1. The molecule has 3 rings (SSSR count). The quantitative estimate of drug-likeness (QED) is 0.765. The maximum Gasteiger partial charge on any atom is 0.230 e. The summed E-state index contributed by atoms with van der Waals surface area (Å²) in [5.41, 5.74) is 3.04. The maximum absolute atomic E-state index is 12.1. The van der Waals surface area contributed by atoms with Crippen LogP contribution in [0.3, 0.4) is 0 Å². The van der Waals surface area contributed by atoms with E-state index >= 15 is 0 Å². The van der Waals surface area contributed by atoms with Gasteiger partial charge in [0.2, 0.25) is 5.91 Å². The van der Waals surface area contributed by atoms with Gasteiger partial charge in [-0.15, -0.1) is 0 Å². The lowest BCUT2D eigenvalue weighted by molar-refractivity contribution is -0.115. The Balaban J connectivity index is 1.70. The Morgan fingerprint density at radius 2 is 2.00 bits per heavy atom. The molecule has 23 heavy (non-hydrogen) atoms. The van der Waals surface area contributed by atoms with Crippen LogP contribution in [0.5, 0.6) is 5.75 Å². The Kier molecular flexibility index (Phi) is 4.57. The summed E-state index contributed by atoms with van der Waals surface area (Å²) in [5, 5.41) is 3.49. The first kappa shape index (κ1) is 15.5. The van der Waals surface area contributed by atoms with Gasteiger partial charge in [0.05, 0.1) is 23.2 Å². The second kappa shape index (κ2) is 6.79. The number of rotatable bonds is 5. The minimum atomic E-state index is -0.0575. The van der Waals surface area contributed by atoms with Crippen LogP contribution in [-0.4, -0.2) is 17.5 Å². The Morgan fingerprint density at radius 3 is 2.74 bits per heavy atom. The molecule has 1 N–H and O–H groups in total. The number of carbonyl (C=O) groups is 1. The van der Waals surface area contributed by atoms with Crippen LogP contribution in [0.1, 0.15) is 18.1 Å². The van der Waals surface area contributed by atoms with Crippen molar-refractivity contribution < 1.29 is 9.53 Å². The van der Waals surface area contributed by atoms with Gasteiger partial charge < -0.3 is 10.1 Å². The largest absolute Gasteiger partial charge is 0.494 e. The summed E-state index contributed by atoms with van der Waals surface area (Å²) in [7, 11) is 0. The van der Waals surface area contributed by atoms with Crippen molar-refractivity contribution in [2.45, 2.75) is 20.3 Å². The summed E-state index contributed by atoms with van der Waals surface area (Å²) in [6.07, 6.45) is 0.348. The van der Waals surface area contributed by atoms with Gasteiger partial charge in [0.25, 0.3) is 0 Å². The lowest BCUT2D eigenvalue weighted by Gasteiger charge is -2.02. The SMILES string of the molecule is CCOc1ccc2nc(NC(=O)Cc3ccc(C)cc3)sc2c1. The molecule has 0 spiro atoms. The molecule has 0 unspecified atom stereocenters. The molecule has 1 heterocycles. The van der Waals surface area contributed by atoms with Crippen LogP contribution in [0.25, 0.3) is 10.2 Å². The first-order chi connectivity index (χ1) is 11.1. The summed E-state index contributed by atoms with van der Waals surface area (Å²) in [4.78, 5) is 16.6. The minimum Gasteiger partial charge on any atom is -0.494 e. The van der Waals surface area contributed by atoms with Gasteiger partial charge in [0.15, 0.2) is 5.13 Å². The predicted molar refractivity (Wildman–Crippen MR) is 94.3 cm³/mol. The average Bonchev–Trinajstić information content (AvgIpc) is 2.91. The Hall–Kier alpha value is -2.40. The van der Waals surface area contributed by atoms with E-state index in [0.717, 1.165) is 21.5 Å². The van der Waals surface area contributed by atoms with Gasteiger partial charge in [-0.2, -0.15) is 0 Å². The van der Waals surface area contributed by atoms with Crippen molar-refractivity contribution in [3.63, 3.8) is 0 Å². The Morgan fingerprint density at radius 1 is 1.22 bits per heavy atom. The number of thiazole rings is 1. The van der Waals surface area contributed by atoms with Crippen LogP contribution in [0.2, 0.25) is 0 Å². The average molecular weight is 326 g/mol. The third-order valence-electron chi connectivity index (χ3n) is 3.40. The molecule has 4 nitrogen and oxygen atoms in total. The van der Waals surface area contributed by atoms with Gasteiger partial charge in [0.1, 0.15) is 5.75 Å². The highest BCUT2D eigenvalue weighted by molar-refractivity contribution is 7.22. The predicted octanol–water partition coefficient (Wildman–Crippen LogP) is 4.18. The van der Waals surface area contributed by atoms with Crippen molar-refractivity contribution in [2.75, 3.05) is 11.9 Å². The monoisotopic (exact) mass is 326 g/mol. The fourth-order valence-electron chi connectivity index (χ4n) is 2.27. The van der Waals surface area contributed by atoms with E-state index in [9.17, 15) is 4.79 Å². The minimum absolute atomic E-state index is 0.0575. The van der Waals surface area contributed by atoms with Crippen LogP contribution in [0.15, 0.2) is 42.5 Å². The van der Waals surface area contributed by atoms with Crippen molar-refractivity contribution in [1.82, 2.24) is 4.98 Å².